The molecule has 1 unspecified atom stereocenters. The summed E-state index contributed by atoms with van der Waals surface area (Å²) in [4.78, 5) is 13.7. The number of aliphatic hydroxyl groups is 1. The normalized spacial score (nSPS) is 16.4. The zero-order valence-electron chi connectivity index (χ0n) is 15.5. The van der Waals surface area contributed by atoms with Gasteiger partial charge in [0.15, 0.2) is 0 Å². The van der Waals surface area contributed by atoms with Gasteiger partial charge in [0.05, 0.1) is 12.7 Å². The molecule has 0 spiro atoms. The van der Waals surface area contributed by atoms with E-state index in [0.717, 1.165) is 51.7 Å². The first kappa shape index (κ1) is 23.7. The van der Waals surface area contributed by atoms with Gasteiger partial charge in [0.1, 0.15) is 0 Å². The molecular weight excluding hydrogens is 326 g/mol. The van der Waals surface area contributed by atoms with Crippen LogP contribution in [0.5, 0.6) is 0 Å². The number of unbranched alkanes of at least 4 members (excludes halogenated alkanes) is 5. The molecule has 0 bridgehead atoms. The van der Waals surface area contributed by atoms with Crippen molar-refractivity contribution < 1.29 is 14.6 Å². The maximum atomic E-state index is 11.3. The smallest absolute Gasteiger partial charge is 0.305 e. The Kier molecular flexibility index (Phi) is 15.9. The van der Waals surface area contributed by atoms with E-state index in [1.54, 1.807) is 0 Å². The standard InChI is InChI=1S/C19H37NO3.ClH/c1-2-16-23-19(22)13-9-6-4-3-5-8-12-18(21)17-20-14-10-7-11-15-20;/h18,21H,2-17H2,1H3;1H. The molecule has 0 aromatic rings. The topological polar surface area (TPSA) is 49.8 Å². The van der Waals surface area contributed by atoms with Crippen LogP contribution in [0.1, 0.15) is 84.0 Å². The third-order valence-corrected chi connectivity index (χ3v) is 4.55. The molecule has 1 N–H and O–H groups in total. The minimum Gasteiger partial charge on any atom is -0.466 e. The number of β-amino-alcohol motifs (C(OH)–C–C–N with tert-alkyl or cyclic N) is 1. The number of aliphatic hydroxyl groups excluding tert-OH is 1. The highest BCUT2D eigenvalue weighted by atomic mass is 35.5. The van der Waals surface area contributed by atoms with Crippen LogP contribution in [-0.2, 0) is 9.53 Å². The summed E-state index contributed by atoms with van der Waals surface area (Å²) in [6.45, 7) is 5.75. The fourth-order valence-corrected chi connectivity index (χ4v) is 3.18. The molecule has 1 fully saturated rings. The molecule has 1 aliphatic heterocycles. The quantitative estimate of drug-likeness (QED) is 0.391. The molecule has 144 valence electrons. The van der Waals surface area contributed by atoms with Crippen LogP contribution in [0.2, 0.25) is 0 Å². The van der Waals surface area contributed by atoms with Gasteiger partial charge in [0, 0.05) is 13.0 Å². The second kappa shape index (κ2) is 16.2. The summed E-state index contributed by atoms with van der Waals surface area (Å²) < 4.78 is 5.05. The van der Waals surface area contributed by atoms with E-state index in [2.05, 4.69) is 4.90 Å². The average molecular weight is 364 g/mol. The Labute approximate surface area is 154 Å². The van der Waals surface area contributed by atoms with Gasteiger partial charge in [-0.3, -0.25) is 4.79 Å². The van der Waals surface area contributed by atoms with Gasteiger partial charge < -0.3 is 14.7 Å². The van der Waals surface area contributed by atoms with Gasteiger partial charge in [-0.1, -0.05) is 45.4 Å². The van der Waals surface area contributed by atoms with Crippen LogP contribution in [-0.4, -0.2) is 48.3 Å². The van der Waals surface area contributed by atoms with Crippen molar-refractivity contribution in [1.82, 2.24) is 4.90 Å². The van der Waals surface area contributed by atoms with Crippen molar-refractivity contribution >= 4 is 18.4 Å². The van der Waals surface area contributed by atoms with E-state index in [1.165, 1.54) is 38.5 Å². The van der Waals surface area contributed by atoms with Crippen molar-refractivity contribution in [3.8, 4) is 0 Å². The molecule has 0 aromatic heterocycles. The fraction of sp³-hybridized carbons (Fsp3) is 0.947. The van der Waals surface area contributed by atoms with Crippen LogP contribution in [0.15, 0.2) is 0 Å². The Bertz CT molecular complexity index is 296. The SMILES string of the molecule is CCCOC(=O)CCCCCCCCC(O)CN1CCCCC1.Cl. The van der Waals surface area contributed by atoms with Gasteiger partial charge in [-0.15, -0.1) is 12.4 Å². The second-order valence-electron chi connectivity index (χ2n) is 6.90. The average Bonchev–Trinajstić information content (AvgIpc) is 2.56. The number of esters is 1. The maximum Gasteiger partial charge on any atom is 0.305 e. The number of likely N-dealkylation sites (tertiary alicyclic amines) is 1. The van der Waals surface area contributed by atoms with Crippen molar-refractivity contribution in [2.24, 2.45) is 0 Å². The molecule has 5 heteroatoms. The summed E-state index contributed by atoms with van der Waals surface area (Å²) in [5, 5.41) is 10.1. The summed E-state index contributed by atoms with van der Waals surface area (Å²) in [6.07, 6.45) is 12.9. The zero-order valence-corrected chi connectivity index (χ0v) is 16.3. The van der Waals surface area contributed by atoms with E-state index < -0.39 is 0 Å². The highest BCUT2D eigenvalue weighted by Gasteiger charge is 2.14. The summed E-state index contributed by atoms with van der Waals surface area (Å²) in [5.74, 6) is -0.0484. The second-order valence-corrected chi connectivity index (χ2v) is 6.90. The predicted octanol–water partition coefficient (Wildman–Crippen LogP) is 4.33. The van der Waals surface area contributed by atoms with E-state index in [0.29, 0.717) is 13.0 Å². The Morgan fingerprint density at radius 2 is 1.67 bits per heavy atom. The van der Waals surface area contributed by atoms with Gasteiger partial charge in [0.25, 0.3) is 0 Å². The number of hydrogen-bond acceptors (Lipinski definition) is 4. The summed E-state index contributed by atoms with van der Waals surface area (Å²) >= 11 is 0. The molecular formula is C19H38ClNO3. The molecule has 0 aromatic carbocycles. The number of carbonyl (C=O) groups excluding carboxylic acids is 1. The molecule has 0 aliphatic carbocycles. The van der Waals surface area contributed by atoms with Crippen LogP contribution in [0.3, 0.4) is 0 Å². The van der Waals surface area contributed by atoms with Crippen LogP contribution < -0.4 is 0 Å². The molecule has 0 saturated carbocycles. The number of piperidine rings is 1. The van der Waals surface area contributed by atoms with E-state index >= 15 is 0 Å². The third kappa shape index (κ3) is 13.0. The Morgan fingerprint density at radius 1 is 1.04 bits per heavy atom. The molecule has 1 saturated heterocycles. The maximum absolute atomic E-state index is 11.3. The van der Waals surface area contributed by atoms with E-state index in [4.69, 9.17) is 4.74 Å². The number of ether oxygens (including phenoxy) is 1. The lowest BCUT2D eigenvalue weighted by Gasteiger charge is -2.28. The van der Waals surface area contributed by atoms with Crippen molar-refractivity contribution in [1.29, 1.82) is 0 Å². The summed E-state index contributed by atoms with van der Waals surface area (Å²) in [5.41, 5.74) is 0. The Balaban J connectivity index is 0.00000529. The van der Waals surface area contributed by atoms with Gasteiger partial charge in [-0.2, -0.15) is 0 Å². The molecule has 1 heterocycles. The number of hydrogen-bond donors (Lipinski definition) is 1. The first-order valence-corrected chi connectivity index (χ1v) is 9.78. The number of carbonyl (C=O) groups is 1. The lowest BCUT2D eigenvalue weighted by atomic mass is 10.0. The van der Waals surface area contributed by atoms with Gasteiger partial charge in [-0.05, 0) is 45.2 Å². The van der Waals surface area contributed by atoms with Crippen LogP contribution in [0.25, 0.3) is 0 Å². The largest absolute Gasteiger partial charge is 0.466 e. The van der Waals surface area contributed by atoms with Gasteiger partial charge in [0.2, 0.25) is 0 Å². The van der Waals surface area contributed by atoms with Crippen molar-refractivity contribution in [2.45, 2.75) is 90.1 Å². The lowest BCUT2D eigenvalue weighted by Crippen LogP contribution is -2.36. The van der Waals surface area contributed by atoms with E-state index in [-0.39, 0.29) is 24.5 Å². The summed E-state index contributed by atoms with van der Waals surface area (Å²) in [6, 6.07) is 0. The monoisotopic (exact) mass is 363 g/mol. The van der Waals surface area contributed by atoms with Crippen LogP contribution in [0.4, 0.5) is 0 Å². The minimum atomic E-state index is -0.151. The molecule has 1 atom stereocenters. The van der Waals surface area contributed by atoms with E-state index in [9.17, 15) is 9.90 Å². The highest BCUT2D eigenvalue weighted by molar-refractivity contribution is 5.85. The van der Waals surface area contributed by atoms with Crippen molar-refractivity contribution in [2.75, 3.05) is 26.2 Å². The first-order chi connectivity index (χ1) is 11.2. The molecule has 0 radical (unpaired) electrons. The molecule has 1 rings (SSSR count). The van der Waals surface area contributed by atoms with Gasteiger partial charge >= 0.3 is 5.97 Å². The third-order valence-electron chi connectivity index (χ3n) is 4.55. The first-order valence-electron chi connectivity index (χ1n) is 9.78. The predicted molar refractivity (Wildman–Crippen MR) is 102 cm³/mol. The summed E-state index contributed by atoms with van der Waals surface area (Å²) in [7, 11) is 0. The number of nitrogens with zero attached hydrogens (tertiary/aromatic N) is 1. The van der Waals surface area contributed by atoms with Crippen LogP contribution >= 0.6 is 12.4 Å². The minimum absolute atomic E-state index is 0. The Hall–Kier alpha value is -0.320. The van der Waals surface area contributed by atoms with Crippen molar-refractivity contribution in [3.63, 3.8) is 0 Å². The Morgan fingerprint density at radius 3 is 2.33 bits per heavy atom. The number of halogens is 1. The number of rotatable bonds is 13. The lowest BCUT2D eigenvalue weighted by molar-refractivity contribution is -0.143. The molecule has 1 aliphatic rings. The molecule has 24 heavy (non-hydrogen) atoms. The zero-order chi connectivity index (χ0) is 16.8. The van der Waals surface area contributed by atoms with E-state index in [1.807, 2.05) is 6.92 Å². The molecule has 4 nitrogen and oxygen atoms in total. The van der Waals surface area contributed by atoms with Crippen molar-refractivity contribution in [3.05, 3.63) is 0 Å². The van der Waals surface area contributed by atoms with Crippen LogP contribution in [0, 0.1) is 0 Å². The fourth-order valence-electron chi connectivity index (χ4n) is 3.18. The highest BCUT2D eigenvalue weighted by Crippen LogP contribution is 2.13. The molecule has 0 amide bonds. The van der Waals surface area contributed by atoms with Gasteiger partial charge in [-0.25, -0.2) is 0 Å².